The Balaban J connectivity index is 1.73. The smallest absolute Gasteiger partial charge is 0.285 e. The first-order chi connectivity index (χ1) is 14.0. The minimum atomic E-state index is -0.372. The fraction of sp³-hybridized carbons (Fsp3) is 0.130. The number of carbonyl (C=O) groups excluding carboxylic acids is 2. The molecule has 1 atom stereocenters. The third kappa shape index (κ3) is 6.14. The summed E-state index contributed by atoms with van der Waals surface area (Å²) in [6, 6.07) is 27.0. The van der Waals surface area contributed by atoms with Crippen molar-refractivity contribution >= 4 is 40.4 Å². The summed E-state index contributed by atoms with van der Waals surface area (Å²) in [5.41, 5.74) is 1.65. The average molecular weight is 423 g/mol. The maximum absolute atomic E-state index is 13.1. The number of amides is 2. The molecule has 0 aliphatic heterocycles. The van der Waals surface area contributed by atoms with Crippen molar-refractivity contribution < 1.29 is 9.59 Å². The highest BCUT2D eigenvalue weighted by Crippen LogP contribution is 2.36. The molecule has 3 aromatic rings. The molecule has 0 spiro atoms. The van der Waals surface area contributed by atoms with Crippen molar-refractivity contribution in [2.45, 2.75) is 15.0 Å². The number of benzene rings is 3. The third-order valence-corrected chi connectivity index (χ3v) is 6.34. The molecule has 6 heteroatoms. The quantitative estimate of drug-likeness (QED) is 0.500. The number of nitrogens with one attached hydrogen (secondary N) is 1. The standard InChI is InChI=1S/C23H22N2O2S2/c1-25(2)23(27)29-20-15-13-18(14-16-20)24-22(26)21(17-9-5-3-6-10-17)28-19-11-7-4-8-12-19/h3-16,21H,1-2H3,(H,24,26). The monoisotopic (exact) mass is 422 g/mol. The van der Waals surface area contributed by atoms with Crippen LogP contribution in [-0.4, -0.2) is 30.1 Å². The summed E-state index contributed by atoms with van der Waals surface area (Å²) in [6.45, 7) is 0. The van der Waals surface area contributed by atoms with Crippen molar-refractivity contribution in [1.82, 2.24) is 4.90 Å². The molecule has 148 valence electrons. The predicted octanol–water partition coefficient (Wildman–Crippen LogP) is 5.93. The first kappa shape index (κ1) is 21.0. The lowest BCUT2D eigenvalue weighted by atomic mass is 10.1. The molecule has 29 heavy (non-hydrogen) atoms. The first-order valence-corrected chi connectivity index (χ1v) is 10.8. The van der Waals surface area contributed by atoms with Crippen LogP contribution in [0.25, 0.3) is 0 Å². The first-order valence-electron chi connectivity index (χ1n) is 9.09. The van der Waals surface area contributed by atoms with Gasteiger partial charge in [-0.1, -0.05) is 48.5 Å². The molecule has 0 saturated carbocycles. The Morgan fingerprint density at radius 1 is 0.793 bits per heavy atom. The maximum atomic E-state index is 13.1. The van der Waals surface area contributed by atoms with Crippen LogP contribution in [0.5, 0.6) is 0 Å². The van der Waals surface area contributed by atoms with E-state index in [-0.39, 0.29) is 16.4 Å². The van der Waals surface area contributed by atoms with E-state index in [0.717, 1.165) is 27.1 Å². The van der Waals surface area contributed by atoms with Gasteiger partial charge in [-0.3, -0.25) is 9.59 Å². The molecular formula is C23H22N2O2S2. The van der Waals surface area contributed by atoms with Crippen LogP contribution in [0.4, 0.5) is 10.5 Å². The molecule has 1 unspecified atom stereocenters. The molecule has 4 nitrogen and oxygen atoms in total. The van der Waals surface area contributed by atoms with Crippen LogP contribution in [0.3, 0.4) is 0 Å². The molecule has 0 bridgehead atoms. The molecule has 1 N–H and O–H groups in total. The highest BCUT2D eigenvalue weighted by atomic mass is 32.2. The van der Waals surface area contributed by atoms with Crippen LogP contribution in [0.1, 0.15) is 10.8 Å². The zero-order valence-corrected chi connectivity index (χ0v) is 17.9. The second-order valence-corrected chi connectivity index (χ2v) is 8.70. The second kappa shape index (κ2) is 10.2. The minimum Gasteiger partial charge on any atom is -0.339 e. The Kier molecular flexibility index (Phi) is 7.38. The second-order valence-electron chi connectivity index (χ2n) is 6.50. The zero-order valence-electron chi connectivity index (χ0n) is 16.2. The van der Waals surface area contributed by atoms with Crippen LogP contribution in [-0.2, 0) is 4.79 Å². The lowest BCUT2D eigenvalue weighted by Crippen LogP contribution is -2.19. The summed E-state index contributed by atoms with van der Waals surface area (Å²) in [4.78, 5) is 28.3. The van der Waals surface area contributed by atoms with E-state index in [1.807, 2.05) is 84.9 Å². The van der Waals surface area contributed by atoms with E-state index in [4.69, 9.17) is 0 Å². The summed E-state index contributed by atoms with van der Waals surface area (Å²) >= 11 is 2.67. The maximum Gasteiger partial charge on any atom is 0.285 e. The number of thioether (sulfide) groups is 2. The SMILES string of the molecule is CN(C)C(=O)Sc1ccc(NC(=O)C(Sc2ccccc2)c2ccccc2)cc1. The van der Waals surface area contributed by atoms with E-state index in [0.29, 0.717) is 5.69 Å². The summed E-state index contributed by atoms with van der Waals surface area (Å²) in [7, 11) is 3.44. The van der Waals surface area contributed by atoms with Gasteiger partial charge in [0.25, 0.3) is 5.24 Å². The number of rotatable bonds is 6. The predicted molar refractivity (Wildman–Crippen MR) is 121 cm³/mol. The van der Waals surface area contributed by atoms with Crippen LogP contribution in [0.2, 0.25) is 0 Å². The topological polar surface area (TPSA) is 49.4 Å². The van der Waals surface area contributed by atoms with Gasteiger partial charge in [0.2, 0.25) is 5.91 Å². The summed E-state index contributed by atoms with van der Waals surface area (Å²) < 4.78 is 0. The van der Waals surface area contributed by atoms with Gasteiger partial charge in [0.15, 0.2) is 0 Å². The molecular weight excluding hydrogens is 400 g/mol. The minimum absolute atomic E-state index is 0.0369. The van der Waals surface area contributed by atoms with E-state index in [2.05, 4.69) is 5.32 Å². The van der Waals surface area contributed by atoms with Gasteiger partial charge in [-0.05, 0) is 53.7 Å². The summed E-state index contributed by atoms with van der Waals surface area (Å²) in [6.07, 6.45) is 0. The van der Waals surface area contributed by atoms with Gasteiger partial charge in [0.05, 0.1) is 0 Å². The van der Waals surface area contributed by atoms with Gasteiger partial charge in [-0.25, -0.2) is 0 Å². The Bertz CT molecular complexity index is 946. The molecule has 2 amide bonds. The molecule has 0 saturated heterocycles. The van der Waals surface area contributed by atoms with Gasteiger partial charge in [0, 0.05) is 29.6 Å². The van der Waals surface area contributed by atoms with Crippen LogP contribution >= 0.6 is 23.5 Å². The third-order valence-electron chi connectivity index (χ3n) is 4.03. The van der Waals surface area contributed by atoms with Gasteiger partial charge in [0.1, 0.15) is 5.25 Å². The lowest BCUT2D eigenvalue weighted by molar-refractivity contribution is -0.115. The lowest BCUT2D eigenvalue weighted by Gasteiger charge is -2.17. The van der Waals surface area contributed by atoms with Crippen LogP contribution in [0.15, 0.2) is 94.7 Å². The summed E-state index contributed by atoms with van der Waals surface area (Å²) in [5, 5.41) is 2.59. The van der Waals surface area contributed by atoms with Crippen molar-refractivity contribution in [3.8, 4) is 0 Å². The molecule has 0 fully saturated rings. The summed E-state index contributed by atoms with van der Waals surface area (Å²) in [5.74, 6) is -0.0881. The van der Waals surface area contributed by atoms with E-state index in [9.17, 15) is 9.59 Å². The van der Waals surface area contributed by atoms with Crippen molar-refractivity contribution in [2.24, 2.45) is 0 Å². The van der Waals surface area contributed by atoms with Crippen molar-refractivity contribution in [3.63, 3.8) is 0 Å². The fourth-order valence-electron chi connectivity index (χ4n) is 2.54. The van der Waals surface area contributed by atoms with Gasteiger partial charge in [-0.15, -0.1) is 11.8 Å². The van der Waals surface area contributed by atoms with Crippen LogP contribution in [0, 0.1) is 0 Å². The van der Waals surface area contributed by atoms with Crippen molar-refractivity contribution in [2.75, 3.05) is 19.4 Å². The number of hydrogen-bond donors (Lipinski definition) is 1. The van der Waals surface area contributed by atoms with Crippen molar-refractivity contribution in [3.05, 3.63) is 90.5 Å². The zero-order chi connectivity index (χ0) is 20.6. The van der Waals surface area contributed by atoms with Gasteiger partial charge in [-0.2, -0.15) is 0 Å². The molecule has 0 aliphatic carbocycles. The largest absolute Gasteiger partial charge is 0.339 e. The molecule has 0 radical (unpaired) electrons. The molecule has 3 aromatic carbocycles. The van der Waals surface area contributed by atoms with Crippen molar-refractivity contribution in [1.29, 1.82) is 0 Å². The van der Waals surface area contributed by atoms with Crippen LogP contribution < -0.4 is 5.32 Å². The van der Waals surface area contributed by atoms with E-state index >= 15 is 0 Å². The normalized spacial score (nSPS) is 11.5. The fourth-order valence-corrected chi connectivity index (χ4v) is 4.24. The number of nitrogens with zero attached hydrogens (tertiary/aromatic N) is 1. The molecule has 0 aromatic heterocycles. The van der Waals surface area contributed by atoms with Gasteiger partial charge >= 0.3 is 0 Å². The highest BCUT2D eigenvalue weighted by molar-refractivity contribution is 8.13. The average Bonchev–Trinajstić information content (AvgIpc) is 2.74. The van der Waals surface area contributed by atoms with E-state index in [1.54, 1.807) is 14.1 Å². The Hall–Kier alpha value is -2.70. The number of hydrogen-bond acceptors (Lipinski definition) is 4. The Labute approximate surface area is 179 Å². The number of carbonyl (C=O) groups is 2. The van der Waals surface area contributed by atoms with E-state index in [1.165, 1.54) is 16.7 Å². The number of anilines is 1. The Morgan fingerprint density at radius 2 is 1.38 bits per heavy atom. The Morgan fingerprint density at radius 3 is 1.97 bits per heavy atom. The molecule has 0 heterocycles. The highest BCUT2D eigenvalue weighted by Gasteiger charge is 2.22. The molecule has 3 rings (SSSR count). The molecule has 0 aliphatic rings. The van der Waals surface area contributed by atoms with Gasteiger partial charge < -0.3 is 10.2 Å². The van der Waals surface area contributed by atoms with E-state index < -0.39 is 0 Å².